The van der Waals surface area contributed by atoms with Crippen molar-refractivity contribution < 1.29 is 19.7 Å². The van der Waals surface area contributed by atoms with E-state index in [-0.39, 0.29) is 12.0 Å². The van der Waals surface area contributed by atoms with Crippen molar-refractivity contribution in [2.45, 2.75) is 12.7 Å². The van der Waals surface area contributed by atoms with Crippen LogP contribution >= 0.6 is 0 Å². The van der Waals surface area contributed by atoms with Crippen LogP contribution in [0.4, 0.5) is 0 Å². The van der Waals surface area contributed by atoms with Gasteiger partial charge in [-0.3, -0.25) is 0 Å². The van der Waals surface area contributed by atoms with E-state index in [0.29, 0.717) is 11.3 Å². The SMILES string of the molecule is O=C(O)c1cccc2c1CC(O)O2. The molecule has 1 aromatic carbocycles. The quantitative estimate of drug-likeness (QED) is 0.665. The molecule has 0 aromatic heterocycles. The van der Waals surface area contributed by atoms with Gasteiger partial charge < -0.3 is 14.9 Å². The van der Waals surface area contributed by atoms with Crippen molar-refractivity contribution in [1.29, 1.82) is 0 Å². The van der Waals surface area contributed by atoms with Crippen molar-refractivity contribution in [1.82, 2.24) is 0 Å². The third-order valence-corrected chi connectivity index (χ3v) is 2.01. The molecule has 1 aliphatic rings. The van der Waals surface area contributed by atoms with E-state index in [1.165, 1.54) is 6.07 Å². The van der Waals surface area contributed by atoms with Gasteiger partial charge in [-0.15, -0.1) is 0 Å². The fourth-order valence-electron chi connectivity index (χ4n) is 1.45. The summed E-state index contributed by atoms with van der Waals surface area (Å²) in [6.07, 6.45) is -0.659. The molecule has 0 fully saturated rings. The van der Waals surface area contributed by atoms with E-state index in [1.807, 2.05) is 0 Å². The molecule has 1 aromatic rings. The molecular formula is C9H8O4. The number of carboxylic acids is 1. The molecule has 1 heterocycles. The highest BCUT2D eigenvalue weighted by atomic mass is 16.6. The smallest absolute Gasteiger partial charge is 0.336 e. The number of ether oxygens (including phenoxy) is 1. The van der Waals surface area contributed by atoms with Gasteiger partial charge in [0.2, 0.25) is 6.29 Å². The zero-order valence-electron chi connectivity index (χ0n) is 6.73. The van der Waals surface area contributed by atoms with Crippen LogP contribution < -0.4 is 4.74 Å². The minimum absolute atomic E-state index is 0.203. The van der Waals surface area contributed by atoms with E-state index < -0.39 is 12.3 Å². The second-order valence-electron chi connectivity index (χ2n) is 2.86. The molecule has 1 aliphatic heterocycles. The summed E-state index contributed by atoms with van der Waals surface area (Å²) in [5.74, 6) is -0.526. The topological polar surface area (TPSA) is 66.8 Å². The van der Waals surface area contributed by atoms with Gasteiger partial charge >= 0.3 is 5.97 Å². The van der Waals surface area contributed by atoms with E-state index in [2.05, 4.69) is 0 Å². The number of fused-ring (bicyclic) bond motifs is 1. The molecule has 0 bridgehead atoms. The Morgan fingerprint density at radius 1 is 1.54 bits per heavy atom. The van der Waals surface area contributed by atoms with Crippen molar-refractivity contribution in [3.8, 4) is 5.75 Å². The minimum atomic E-state index is -0.991. The Balaban J connectivity index is 2.51. The van der Waals surface area contributed by atoms with Crippen LogP contribution in [0, 0.1) is 0 Å². The molecule has 1 atom stereocenters. The van der Waals surface area contributed by atoms with Crippen LogP contribution in [0.2, 0.25) is 0 Å². The van der Waals surface area contributed by atoms with E-state index in [1.54, 1.807) is 12.1 Å². The number of benzene rings is 1. The van der Waals surface area contributed by atoms with Crippen LogP contribution in [0.15, 0.2) is 18.2 Å². The van der Waals surface area contributed by atoms with Crippen molar-refractivity contribution in [3.05, 3.63) is 29.3 Å². The summed E-state index contributed by atoms with van der Waals surface area (Å²) < 4.78 is 4.99. The Bertz CT molecular complexity index is 359. The summed E-state index contributed by atoms with van der Waals surface area (Å²) in [6.45, 7) is 0. The summed E-state index contributed by atoms with van der Waals surface area (Å²) in [5, 5.41) is 17.9. The van der Waals surface area contributed by atoms with Crippen molar-refractivity contribution in [2.24, 2.45) is 0 Å². The van der Waals surface area contributed by atoms with Crippen LogP contribution in [0.3, 0.4) is 0 Å². The largest absolute Gasteiger partial charge is 0.478 e. The Kier molecular flexibility index (Phi) is 1.70. The molecule has 0 radical (unpaired) electrons. The lowest BCUT2D eigenvalue weighted by atomic mass is 10.1. The molecule has 1 unspecified atom stereocenters. The van der Waals surface area contributed by atoms with Crippen LogP contribution in [0.25, 0.3) is 0 Å². The molecule has 0 aliphatic carbocycles. The summed E-state index contributed by atoms with van der Waals surface area (Å²) in [4.78, 5) is 10.7. The highest BCUT2D eigenvalue weighted by molar-refractivity contribution is 5.90. The Labute approximate surface area is 74.4 Å². The van der Waals surface area contributed by atoms with Gasteiger partial charge in [0.25, 0.3) is 0 Å². The predicted molar refractivity (Wildman–Crippen MR) is 43.7 cm³/mol. The molecule has 4 nitrogen and oxygen atoms in total. The number of aliphatic hydroxyl groups excluding tert-OH is 1. The maximum atomic E-state index is 10.7. The van der Waals surface area contributed by atoms with E-state index in [4.69, 9.17) is 14.9 Å². The lowest BCUT2D eigenvalue weighted by Gasteiger charge is -2.01. The van der Waals surface area contributed by atoms with Crippen molar-refractivity contribution in [2.75, 3.05) is 0 Å². The molecule has 2 N–H and O–H groups in total. The number of hydrogen-bond donors (Lipinski definition) is 2. The van der Waals surface area contributed by atoms with Crippen LogP contribution in [0.5, 0.6) is 5.75 Å². The van der Waals surface area contributed by atoms with Gasteiger partial charge in [-0.05, 0) is 12.1 Å². The van der Waals surface area contributed by atoms with Gasteiger partial charge in [-0.1, -0.05) is 6.07 Å². The molecule has 0 saturated carbocycles. The lowest BCUT2D eigenvalue weighted by Crippen LogP contribution is -2.10. The average molecular weight is 180 g/mol. The number of hydrogen-bond acceptors (Lipinski definition) is 3. The molecule has 4 heteroatoms. The number of aromatic carboxylic acids is 1. The average Bonchev–Trinajstić information content (AvgIpc) is 2.43. The molecule has 68 valence electrons. The van der Waals surface area contributed by atoms with Gasteiger partial charge in [0.05, 0.1) is 5.56 Å². The second kappa shape index (κ2) is 2.74. The third-order valence-electron chi connectivity index (χ3n) is 2.01. The van der Waals surface area contributed by atoms with Gasteiger partial charge in [0.15, 0.2) is 0 Å². The highest BCUT2D eigenvalue weighted by Crippen LogP contribution is 2.30. The number of aliphatic hydroxyl groups is 1. The van der Waals surface area contributed by atoms with E-state index in [0.717, 1.165) is 0 Å². The van der Waals surface area contributed by atoms with E-state index in [9.17, 15) is 4.79 Å². The fourth-order valence-corrected chi connectivity index (χ4v) is 1.45. The standard InChI is InChI=1S/C9H8O4/c10-8-4-6-5(9(11)12)2-1-3-7(6)13-8/h1-3,8,10H,4H2,(H,11,12). The monoisotopic (exact) mass is 180 g/mol. The van der Waals surface area contributed by atoms with Gasteiger partial charge in [0.1, 0.15) is 5.75 Å². The van der Waals surface area contributed by atoms with E-state index >= 15 is 0 Å². The fraction of sp³-hybridized carbons (Fsp3) is 0.222. The maximum Gasteiger partial charge on any atom is 0.336 e. The van der Waals surface area contributed by atoms with Crippen LogP contribution in [0.1, 0.15) is 15.9 Å². The Hall–Kier alpha value is -1.55. The zero-order chi connectivity index (χ0) is 9.42. The predicted octanol–water partition coefficient (Wildman–Crippen LogP) is 0.638. The number of rotatable bonds is 1. The summed E-state index contributed by atoms with van der Waals surface area (Å²) in [6, 6.07) is 4.75. The van der Waals surface area contributed by atoms with Crippen molar-refractivity contribution >= 4 is 5.97 Å². The number of carboxylic acid groups (broad SMARTS) is 1. The highest BCUT2D eigenvalue weighted by Gasteiger charge is 2.25. The molecule has 0 spiro atoms. The first-order valence-corrected chi connectivity index (χ1v) is 3.88. The summed E-state index contributed by atoms with van der Waals surface area (Å²) in [5.41, 5.74) is 0.775. The normalized spacial score (nSPS) is 19.3. The minimum Gasteiger partial charge on any atom is -0.478 e. The van der Waals surface area contributed by atoms with Gasteiger partial charge in [-0.25, -0.2) is 4.79 Å². The lowest BCUT2D eigenvalue weighted by molar-refractivity contribution is 0.00214. The zero-order valence-corrected chi connectivity index (χ0v) is 6.73. The molecule has 0 saturated heterocycles. The van der Waals surface area contributed by atoms with Crippen LogP contribution in [-0.4, -0.2) is 22.5 Å². The first kappa shape index (κ1) is 8.07. The van der Waals surface area contributed by atoms with Gasteiger partial charge in [-0.2, -0.15) is 0 Å². The van der Waals surface area contributed by atoms with Crippen molar-refractivity contribution in [3.63, 3.8) is 0 Å². The molecule has 0 amide bonds. The molecular weight excluding hydrogens is 172 g/mol. The Morgan fingerprint density at radius 3 is 3.00 bits per heavy atom. The molecule has 13 heavy (non-hydrogen) atoms. The third kappa shape index (κ3) is 1.25. The maximum absolute atomic E-state index is 10.7. The van der Waals surface area contributed by atoms with Crippen LogP contribution in [-0.2, 0) is 6.42 Å². The first-order valence-electron chi connectivity index (χ1n) is 3.88. The molecule has 2 rings (SSSR count). The number of carbonyl (C=O) groups is 1. The summed E-state index contributed by atoms with van der Waals surface area (Å²) >= 11 is 0. The second-order valence-corrected chi connectivity index (χ2v) is 2.86. The van der Waals surface area contributed by atoms with Gasteiger partial charge in [0, 0.05) is 12.0 Å². The summed E-state index contributed by atoms with van der Waals surface area (Å²) in [7, 11) is 0. The Morgan fingerprint density at radius 2 is 2.31 bits per heavy atom. The first-order chi connectivity index (χ1) is 6.18.